The van der Waals surface area contributed by atoms with Crippen molar-refractivity contribution in [3.63, 3.8) is 0 Å². The lowest BCUT2D eigenvalue weighted by atomic mass is 10.1. The number of rotatable bonds is 5. The Morgan fingerprint density at radius 2 is 1.63 bits per heavy atom. The number of hydrogen-bond acceptors (Lipinski definition) is 5. The monoisotopic (exact) mass is 477 g/mol. The lowest BCUT2D eigenvalue weighted by Crippen LogP contribution is -2.18. The van der Waals surface area contributed by atoms with E-state index in [0.29, 0.717) is 21.2 Å². The van der Waals surface area contributed by atoms with Gasteiger partial charge in [0.05, 0.1) is 21.5 Å². The molecule has 2 N–H and O–H groups in total. The molecule has 0 aliphatic carbocycles. The summed E-state index contributed by atoms with van der Waals surface area (Å²) < 4.78 is 28.9. The SMILES string of the molecule is O=C(Nc1ccc(Cl)cc1)c1cc(Cl)ccc1NS(=O)(=O)c1nc2ccccc2s1. The number of benzene rings is 3. The molecule has 1 heterocycles. The van der Waals surface area contributed by atoms with Crippen molar-refractivity contribution in [2.75, 3.05) is 10.0 Å². The highest BCUT2D eigenvalue weighted by Crippen LogP contribution is 2.29. The smallest absolute Gasteiger partial charge is 0.289 e. The van der Waals surface area contributed by atoms with Gasteiger partial charge < -0.3 is 5.32 Å². The molecule has 0 atom stereocenters. The molecule has 4 aromatic rings. The van der Waals surface area contributed by atoms with E-state index in [2.05, 4.69) is 15.0 Å². The first-order chi connectivity index (χ1) is 14.3. The third-order valence-electron chi connectivity index (χ3n) is 4.08. The Labute approximate surface area is 186 Å². The molecule has 0 bridgehead atoms. The largest absolute Gasteiger partial charge is 0.322 e. The summed E-state index contributed by atoms with van der Waals surface area (Å²) in [5.41, 5.74) is 1.25. The molecule has 0 fully saturated rings. The van der Waals surface area contributed by atoms with E-state index < -0.39 is 15.9 Å². The molecular formula is C20H13Cl2N3O3S2. The molecular weight excluding hydrogens is 465 g/mol. The van der Waals surface area contributed by atoms with E-state index in [0.717, 1.165) is 16.0 Å². The molecule has 10 heteroatoms. The van der Waals surface area contributed by atoms with Gasteiger partial charge in [0.1, 0.15) is 0 Å². The third-order valence-corrected chi connectivity index (χ3v) is 7.34. The van der Waals surface area contributed by atoms with E-state index >= 15 is 0 Å². The molecule has 4 rings (SSSR count). The molecule has 3 aromatic carbocycles. The highest BCUT2D eigenvalue weighted by atomic mass is 35.5. The van der Waals surface area contributed by atoms with Crippen LogP contribution in [0.5, 0.6) is 0 Å². The Hall–Kier alpha value is -2.65. The number of anilines is 2. The first-order valence-corrected chi connectivity index (χ1v) is 11.6. The van der Waals surface area contributed by atoms with E-state index in [-0.39, 0.29) is 15.6 Å². The molecule has 0 spiro atoms. The van der Waals surface area contributed by atoms with E-state index in [1.54, 1.807) is 42.5 Å². The maximum Gasteiger partial charge on any atom is 0.289 e. The van der Waals surface area contributed by atoms with E-state index in [1.807, 2.05) is 6.07 Å². The van der Waals surface area contributed by atoms with Crippen molar-refractivity contribution in [1.29, 1.82) is 0 Å². The minimum Gasteiger partial charge on any atom is -0.322 e. The van der Waals surface area contributed by atoms with Gasteiger partial charge in [-0.2, -0.15) is 8.42 Å². The molecule has 0 radical (unpaired) electrons. The Bertz CT molecular complexity index is 1320. The Morgan fingerprint density at radius 1 is 0.933 bits per heavy atom. The first-order valence-electron chi connectivity index (χ1n) is 8.57. The van der Waals surface area contributed by atoms with Crippen molar-refractivity contribution >= 4 is 72.1 Å². The van der Waals surface area contributed by atoms with Crippen LogP contribution in [0.15, 0.2) is 71.1 Å². The average molecular weight is 478 g/mol. The predicted molar refractivity (Wildman–Crippen MR) is 121 cm³/mol. The summed E-state index contributed by atoms with van der Waals surface area (Å²) in [6, 6.07) is 18.0. The van der Waals surface area contributed by atoms with Crippen LogP contribution in [0, 0.1) is 0 Å². The van der Waals surface area contributed by atoms with Gasteiger partial charge in [0.15, 0.2) is 0 Å². The fourth-order valence-corrected chi connectivity index (χ4v) is 5.28. The summed E-state index contributed by atoms with van der Waals surface area (Å²) in [5.74, 6) is -0.526. The van der Waals surface area contributed by atoms with Crippen LogP contribution in [-0.2, 0) is 10.0 Å². The van der Waals surface area contributed by atoms with Crippen LogP contribution in [0.2, 0.25) is 10.0 Å². The standard InChI is InChI=1S/C20H13Cl2N3O3S2/c21-12-5-8-14(9-6-12)23-19(26)15-11-13(22)7-10-16(15)25-30(27,28)20-24-17-3-1-2-4-18(17)29-20/h1-11,25H,(H,23,26). The van der Waals surface area contributed by atoms with Gasteiger partial charge in [-0.15, -0.1) is 11.3 Å². The van der Waals surface area contributed by atoms with Crippen molar-refractivity contribution in [3.05, 3.63) is 82.3 Å². The number of hydrogen-bond donors (Lipinski definition) is 2. The summed E-state index contributed by atoms with van der Waals surface area (Å²) in [5, 5.41) is 3.51. The number of nitrogens with zero attached hydrogens (tertiary/aromatic N) is 1. The van der Waals surface area contributed by atoms with Gasteiger partial charge >= 0.3 is 0 Å². The van der Waals surface area contributed by atoms with Crippen LogP contribution in [0.25, 0.3) is 10.2 Å². The molecule has 0 saturated heterocycles. The Morgan fingerprint density at radius 3 is 2.37 bits per heavy atom. The lowest BCUT2D eigenvalue weighted by Gasteiger charge is -2.12. The second-order valence-corrected chi connectivity index (χ2v) is 9.96. The van der Waals surface area contributed by atoms with Gasteiger partial charge in [0, 0.05) is 15.7 Å². The van der Waals surface area contributed by atoms with Gasteiger partial charge in [-0.1, -0.05) is 35.3 Å². The predicted octanol–water partition coefficient (Wildman–Crippen LogP) is 5.66. The third kappa shape index (κ3) is 4.41. The number of sulfonamides is 1. The number of aromatic nitrogens is 1. The maximum absolute atomic E-state index is 12.9. The van der Waals surface area contributed by atoms with Crippen LogP contribution in [0.1, 0.15) is 10.4 Å². The quantitative estimate of drug-likeness (QED) is 0.388. The number of carbonyl (C=O) groups excluding carboxylic acids is 1. The molecule has 0 aliphatic rings. The van der Waals surface area contributed by atoms with Crippen molar-refractivity contribution < 1.29 is 13.2 Å². The van der Waals surface area contributed by atoms with Gasteiger partial charge in [-0.05, 0) is 54.6 Å². The van der Waals surface area contributed by atoms with Crippen LogP contribution in [0.4, 0.5) is 11.4 Å². The van der Waals surface area contributed by atoms with Crippen LogP contribution in [-0.4, -0.2) is 19.3 Å². The lowest BCUT2D eigenvalue weighted by molar-refractivity contribution is 0.102. The van der Waals surface area contributed by atoms with Crippen molar-refractivity contribution in [2.24, 2.45) is 0 Å². The molecule has 152 valence electrons. The van der Waals surface area contributed by atoms with Gasteiger partial charge in [0.25, 0.3) is 15.9 Å². The van der Waals surface area contributed by atoms with E-state index in [1.165, 1.54) is 18.2 Å². The number of fused-ring (bicyclic) bond motifs is 1. The highest BCUT2D eigenvalue weighted by molar-refractivity contribution is 7.94. The zero-order chi connectivity index (χ0) is 21.3. The number of para-hydroxylation sites is 1. The average Bonchev–Trinajstić information content (AvgIpc) is 3.16. The van der Waals surface area contributed by atoms with Gasteiger partial charge in [0.2, 0.25) is 4.34 Å². The van der Waals surface area contributed by atoms with Crippen LogP contribution in [0.3, 0.4) is 0 Å². The molecule has 1 aromatic heterocycles. The zero-order valence-corrected chi connectivity index (χ0v) is 18.2. The van der Waals surface area contributed by atoms with Gasteiger partial charge in [-0.3, -0.25) is 9.52 Å². The summed E-state index contributed by atoms with van der Waals surface area (Å²) in [6.45, 7) is 0. The molecule has 1 amide bonds. The molecule has 0 saturated carbocycles. The first kappa shape index (κ1) is 20.6. The Balaban J connectivity index is 1.65. The molecule has 0 aliphatic heterocycles. The fourth-order valence-electron chi connectivity index (χ4n) is 2.68. The summed E-state index contributed by atoms with van der Waals surface area (Å²) >= 11 is 12.9. The summed E-state index contributed by atoms with van der Waals surface area (Å²) in [7, 11) is -4.01. The second kappa shape index (κ2) is 8.23. The zero-order valence-electron chi connectivity index (χ0n) is 15.1. The van der Waals surface area contributed by atoms with Crippen molar-refractivity contribution in [1.82, 2.24) is 4.98 Å². The van der Waals surface area contributed by atoms with Crippen LogP contribution >= 0.6 is 34.5 Å². The van der Waals surface area contributed by atoms with Crippen molar-refractivity contribution in [2.45, 2.75) is 4.34 Å². The molecule has 0 unspecified atom stereocenters. The van der Waals surface area contributed by atoms with E-state index in [9.17, 15) is 13.2 Å². The number of nitrogens with one attached hydrogen (secondary N) is 2. The normalized spacial score (nSPS) is 11.4. The minimum absolute atomic E-state index is 0.0714. The van der Waals surface area contributed by atoms with Crippen molar-refractivity contribution in [3.8, 4) is 0 Å². The topological polar surface area (TPSA) is 88.2 Å². The Kier molecular flexibility index (Phi) is 5.66. The maximum atomic E-state index is 12.9. The summed E-state index contributed by atoms with van der Waals surface area (Å²) in [6.07, 6.45) is 0. The number of halogens is 2. The molecule has 6 nitrogen and oxygen atoms in total. The summed E-state index contributed by atoms with van der Waals surface area (Å²) in [4.78, 5) is 17.0. The fraction of sp³-hybridized carbons (Fsp3) is 0. The van der Waals surface area contributed by atoms with Gasteiger partial charge in [-0.25, -0.2) is 4.98 Å². The number of amides is 1. The number of carbonyl (C=O) groups is 1. The number of thiazole rings is 1. The minimum atomic E-state index is -4.01. The molecule has 30 heavy (non-hydrogen) atoms. The second-order valence-electron chi connectivity index (χ2n) is 6.20. The van der Waals surface area contributed by atoms with Crippen LogP contribution < -0.4 is 10.0 Å². The highest BCUT2D eigenvalue weighted by Gasteiger charge is 2.23. The van der Waals surface area contributed by atoms with E-state index in [4.69, 9.17) is 23.2 Å².